The molecule has 0 bridgehead atoms. The molecule has 0 aromatic heterocycles. The van der Waals surface area contributed by atoms with Gasteiger partial charge in [0, 0.05) is 25.0 Å². The van der Waals surface area contributed by atoms with Gasteiger partial charge in [-0.15, -0.1) is 0 Å². The molecule has 1 saturated heterocycles. The number of nitrogens with two attached hydrogens (primary N) is 1. The van der Waals surface area contributed by atoms with E-state index >= 15 is 0 Å². The Morgan fingerprint density at radius 3 is 2.26 bits per heavy atom. The Morgan fingerprint density at radius 2 is 1.74 bits per heavy atom. The lowest BCUT2D eigenvalue weighted by molar-refractivity contribution is -0.132. The van der Waals surface area contributed by atoms with Crippen molar-refractivity contribution >= 4 is 5.91 Å². The second-order valence-corrected chi connectivity index (χ2v) is 6.87. The number of hydrogen-bond donors (Lipinski definition) is 1. The summed E-state index contributed by atoms with van der Waals surface area (Å²) in [6.07, 6.45) is 9.82. The van der Waals surface area contributed by atoms with Crippen molar-refractivity contribution in [1.82, 2.24) is 4.90 Å². The first-order valence-corrected chi connectivity index (χ1v) is 8.09. The van der Waals surface area contributed by atoms with Crippen LogP contribution in [0.4, 0.5) is 0 Å². The SMILES string of the molecule is CCC1(CC)CCN(C(=O)CC2(N)CCCCC2)C1. The first kappa shape index (κ1) is 14.8. The summed E-state index contributed by atoms with van der Waals surface area (Å²) in [6, 6.07) is 0. The van der Waals surface area contributed by atoms with E-state index in [2.05, 4.69) is 18.7 Å². The standard InChI is InChI=1S/C16H30N2O/c1-3-15(4-2)10-11-18(13-15)14(19)12-16(17)8-6-5-7-9-16/h3-13,17H2,1-2H3. The van der Waals surface area contributed by atoms with E-state index in [4.69, 9.17) is 5.73 Å². The summed E-state index contributed by atoms with van der Waals surface area (Å²) in [6.45, 7) is 6.40. The minimum Gasteiger partial charge on any atom is -0.342 e. The van der Waals surface area contributed by atoms with Crippen LogP contribution < -0.4 is 5.73 Å². The van der Waals surface area contributed by atoms with Crippen molar-refractivity contribution in [3.63, 3.8) is 0 Å². The van der Waals surface area contributed by atoms with Gasteiger partial charge in [0.15, 0.2) is 0 Å². The molecule has 0 aromatic rings. The predicted molar refractivity (Wildman–Crippen MR) is 78.8 cm³/mol. The van der Waals surface area contributed by atoms with Crippen LogP contribution in [0.5, 0.6) is 0 Å². The van der Waals surface area contributed by atoms with Crippen molar-refractivity contribution in [3.05, 3.63) is 0 Å². The van der Waals surface area contributed by atoms with E-state index < -0.39 is 0 Å². The van der Waals surface area contributed by atoms with Crippen molar-refractivity contribution in [2.24, 2.45) is 11.1 Å². The fraction of sp³-hybridized carbons (Fsp3) is 0.938. The molecule has 1 saturated carbocycles. The number of nitrogens with zero attached hydrogens (tertiary/aromatic N) is 1. The number of carbonyl (C=O) groups excluding carboxylic acids is 1. The number of rotatable bonds is 4. The number of carbonyl (C=O) groups is 1. The van der Waals surface area contributed by atoms with E-state index in [0.717, 1.165) is 25.9 Å². The molecule has 1 aliphatic carbocycles. The first-order chi connectivity index (χ1) is 9.02. The van der Waals surface area contributed by atoms with E-state index in [1.807, 2.05) is 0 Å². The lowest BCUT2D eigenvalue weighted by atomic mass is 9.80. The van der Waals surface area contributed by atoms with Gasteiger partial charge in [-0.05, 0) is 37.5 Å². The summed E-state index contributed by atoms with van der Waals surface area (Å²) in [5.41, 5.74) is 6.58. The quantitative estimate of drug-likeness (QED) is 0.850. The molecule has 2 rings (SSSR count). The van der Waals surface area contributed by atoms with Crippen LogP contribution in [0.1, 0.15) is 71.6 Å². The van der Waals surface area contributed by atoms with E-state index in [-0.39, 0.29) is 5.54 Å². The van der Waals surface area contributed by atoms with Crippen LogP contribution in [0.15, 0.2) is 0 Å². The summed E-state index contributed by atoms with van der Waals surface area (Å²) in [5, 5.41) is 0. The molecule has 1 aliphatic heterocycles. The molecular formula is C16H30N2O. The second kappa shape index (κ2) is 5.82. The Morgan fingerprint density at radius 1 is 1.11 bits per heavy atom. The average molecular weight is 266 g/mol. The summed E-state index contributed by atoms with van der Waals surface area (Å²) < 4.78 is 0. The molecule has 1 heterocycles. The number of amides is 1. The fourth-order valence-corrected chi connectivity index (χ4v) is 3.82. The molecular weight excluding hydrogens is 236 g/mol. The van der Waals surface area contributed by atoms with Gasteiger partial charge < -0.3 is 10.6 Å². The Bertz CT molecular complexity index is 317. The predicted octanol–water partition coefficient (Wildman–Crippen LogP) is 3.08. The van der Waals surface area contributed by atoms with Crippen LogP contribution in [-0.2, 0) is 4.79 Å². The maximum atomic E-state index is 12.5. The Labute approximate surface area is 117 Å². The molecule has 2 fully saturated rings. The third-order valence-electron chi connectivity index (χ3n) is 5.64. The lowest BCUT2D eigenvalue weighted by Crippen LogP contribution is -2.46. The molecule has 0 spiro atoms. The molecule has 2 N–H and O–H groups in total. The summed E-state index contributed by atoms with van der Waals surface area (Å²) in [7, 11) is 0. The minimum atomic E-state index is -0.209. The molecule has 3 heteroatoms. The topological polar surface area (TPSA) is 46.3 Å². The fourth-order valence-electron chi connectivity index (χ4n) is 3.82. The van der Waals surface area contributed by atoms with E-state index in [1.54, 1.807) is 0 Å². The lowest BCUT2D eigenvalue weighted by Gasteiger charge is -2.34. The number of hydrogen-bond acceptors (Lipinski definition) is 2. The molecule has 110 valence electrons. The van der Waals surface area contributed by atoms with Gasteiger partial charge in [-0.1, -0.05) is 33.1 Å². The molecule has 0 aromatic carbocycles. The zero-order valence-electron chi connectivity index (χ0n) is 12.7. The van der Waals surface area contributed by atoms with Gasteiger partial charge in [0.05, 0.1) is 0 Å². The van der Waals surface area contributed by atoms with Crippen LogP contribution >= 0.6 is 0 Å². The van der Waals surface area contributed by atoms with Gasteiger partial charge in [-0.2, -0.15) is 0 Å². The van der Waals surface area contributed by atoms with E-state index in [9.17, 15) is 4.79 Å². The molecule has 0 unspecified atom stereocenters. The van der Waals surface area contributed by atoms with Gasteiger partial charge in [-0.3, -0.25) is 4.79 Å². The Balaban J connectivity index is 1.91. The molecule has 19 heavy (non-hydrogen) atoms. The van der Waals surface area contributed by atoms with Crippen molar-refractivity contribution in [3.8, 4) is 0 Å². The highest BCUT2D eigenvalue weighted by Gasteiger charge is 2.39. The monoisotopic (exact) mass is 266 g/mol. The molecule has 0 atom stereocenters. The zero-order valence-corrected chi connectivity index (χ0v) is 12.7. The maximum Gasteiger partial charge on any atom is 0.224 e. The van der Waals surface area contributed by atoms with Crippen LogP contribution in [0.2, 0.25) is 0 Å². The smallest absolute Gasteiger partial charge is 0.224 e. The maximum absolute atomic E-state index is 12.5. The largest absolute Gasteiger partial charge is 0.342 e. The molecule has 2 aliphatic rings. The molecule has 1 amide bonds. The van der Waals surface area contributed by atoms with Crippen molar-refractivity contribution in [1.29, 1.82) is 0 Å². The number of likely N-dealkylation sites (tertiary alicyclic amines) is 1. The Kier molecular flexibility index (Phi) is 4.54. The van der Waals surface area contributed by atoms with E-state index in [1.165, 1.54) is 38.5 Å². The average Bonchev–Trinajstić information content (AvgIpc) is 2.84. The normalized spacial score (nSPS) is 25.5. The van der Waals surface area contributed by atoms with Crippen LogP contribution in [0.3, 0.4) is 0 Å². The van der Waals surface area contributed by atoms with E-state index in [0.29, 0.717) is 17.7 Å². The van der Waals surface area contributed by atoms with Gasteiger partial charge >= 0.3 is 0 Å². The van der Waals surface area contributed by atoms with Crippen molar-refractivity contribution < 1.29 is 4.79 Å². The second-order valence-electron chi connectivity index (χ2n) is 6.87. The molecule has 0 radical (unpaired) electrons. The third kappa shape index (κ3) is 3.31. The highest BCUT2D eigenvalue weighted by atomic mass is 16.2. The highest BCUT2D eigenvalue weighted by molar-refractivity contribution is 5.77. The zero-order chi connectivity index (χ0) is 13.9. The third-order valence-corrected chi connectivity index (χ3v) is 5.64. The van der Waals surface area contributed by atoms with Gasteiger partial charge in [0.25, 0.3) is 0 Å². The highest BCUT2D eigenvalue weighted by Crippen LogP contribution is 2.38. The van der Waals surface area contributed by atoms with Crippen molar-refractivity contribution in [2.45, 2.75) is 77.2 Å². The van der Waals surface area contributed by atoms with Crippen molar-refractivity contribution in [2.75, 3.05) is 13.1 Å². The summed E-state index contributed by atoms with van der Waals surface area (Å²) >= 11 is 0. The van der Waals surface area contributed by atoms with Crippen LogP contribution in [0.25, 0.3) is 0 Å². The van der Waals surface area contributed by atoms with Gasteiger partial charge in [-0.25, -0.2) is 0 Å². The van der Waals surface area contributed by atoms with Crippen LogP contribution in [0, 0.1) is 5.41 Å². The molecule has 3 nitrogen and oxygen atoms in total. The summed E-state index contributed by atoms with van der Waals surface area (Å²) in [5.74, 6) is 0.299. The Hall–Kier alpha value is -0.570. The first-order valence-electron chi connectivity index (χ1n) is 8.09. The minimum absolute atomic E-state index is 0.209. The van der Waals surface area contributed by atoms with Crippen LogP contribution in [-0.4, -0.2) is 29.4 Å². The van der Waals surface area contributed by atoms with Gasteiger partial charge in [0.1, 0.15) is 0 Å². The summed E-state index contributed by atoms with van der Waals surface area (Å²) in [4.78, 5) is 14.6. The van der Waals surface area contributed by atoms with Gasteiger partial charge in [0.2, 0.25) is 5.91 Å².